The monoisotopic (exact) mass is 167 g/mol. The van der Waals surface area contributed by atoms with Crippen molar-refractivity contribution in [3.63, 3.8) is 0 Å². The summed E-state index contributed by atoms with van der Waals surface area (Å²) in [6.07, 6.45) is 5.53. The average Bonchev–Trinajstić information content (AvgIpc) is 1.84. The van der Waals surface area contributed by atoms with Crippen molar-refractivity contribution in [3.8, 4) is 0 Å². The number of carbonyl (C=O) groups is 1. The zero-order valence-corrected chi connectivity index (χ0v) is 8.05. The second-order valence-electron chi connectivity index (χ2n) is 3.21. The molecular weight excluding hydrogens is 150 g/mol. The van der Waals surface area contributed by atoms with Gasteiger partial charge in [0, 0.05) is 6.08 Å². The van der Waals surface area contributed by atoms with Crippen LogP contribution < -0.4 is 5.73 Å². The fourth-order valence-corrected chi connectivity index (χ4v) is 0.904. The van der Waals surface area contributed by atoms with Gasteiger partial charge >= 0.3 is 0 Å². The number of carbonyl (C=O) groups excluding carboxylic acids is 1. The van der Waals surface area contributed by atoms with Gasteiger partial charge in [0.15, 0.2) is 0 Å². The van der Waals surface area contributed by atoms with Gasteiger partial charge in [-0.2, -0.15) is 0 Å². The van der Waals surface area contributed by atoms with Gasteiger partial charge in [-0.05, 0) is 33.6 Å². The number of nitrogens with two attached hydrogens (primary N) is 1. The Bertz CT molecular complexity index is 210. The molecule has 0 radical (unpaired) electrons. The van der Waals surface area contributed by atoms with E-state index in [1.165, 1.54) is 11.6 Å². The second-order valence-corrected chi connectivity index (χ2v) is 3.21. The molecule has 2 heteroatoms. The average molecular weight is 167 g/mol. The third-order valence-corrected chi connectivity index (χ3v) is 1.48. The van der Waals surface area contributed by atoms with Crippen LogP contribution in [-0.2, 0) is 4.79 Å². The molecule has 2 nitrogen and oxygen atoms in total. The van der Waals surface area contributed by atoms with Crippen LogP contribution in [0.5, 0.6) is 0 Å². The summed E-state index contributed by atoms with van der Waals surface area (Å²) in [5, 5.41) is 0. The fraction of sp³-hybridized carbons (Fsp3) is 0.500. The molecule has 0 saturated carbocycles. The maximum absolute atomic E-state index is 10.4. The maximum atomic E-state index is 10.4. The molecule has 1 amide bonds. The number of primary amides is 1. The summed E-state index contributed by atoms with van der Waals surface area (Å²) in [5.74, 6) is -0.357. The Morgan fingerprint density at radius 1 is 1.33 bits per heavy atom. The number of hydrogen-bond donors (Lipinski definition) is 1. The zero-order chi connectivity index (χ0) is 9.56. The Hall–Kier alpha value is -1.05. The largest absolute Gasteiger partial charge is 0.366 e. The van der Waals surface area contributed by atoms with Crippen LogP contribution in [0.4, 0.5) is 0 Å². The standard InChI is InChI=1S/C10H17NO/c1-8(2)5-4-6-9(3)7-10(11)12/h5,7H,4,6H2,1-3H3,(H2,11,12). The van der Waals surface area contributed by atoms with Gasteiger partial charge in [-0.3, -0.25) is 4.79 Å². The lowest BCUT2D eigenvalue weighted by Crippen LogP contribution is -2.06. The molecule has 0 atom stereocenters. The van der Waals surface area contributed by atoms with Crippen LogP contribution in [0.3, 0.4) is 0 Å². The minimum atomic E-state index is -0.357. The molecule has 2 N–H and O–H groups in total. The third-order valence-electron chi connectivity index (χ3n) is 1.48. The van der Waals surface area contributed by atoms with Crippen molar-refractivity contribution in [3.05, 3.63) is 23.3 Å². The van der Waals surface area contributed by atoms with Gasteiger partial charge in [0.1, 0.15) is 0 Å². The lowest BCUT2D eigenvalue weighted by atomic mass is 10.1. The molecule has 0 aromatic heterocycles. The van der Waals surface area contributed by atoms with Crippen molar-refractivity contribution in [1.82, 2.24) is 0 Å². The summed E-state index contributed by atoms with van der Waals surface area (Å²) in [5.41, 5.74) is 7.34. The van der Waals surface area contributed by atoms with Crippen molar-refractivity contribution in [1.29, 1.82) is 0 Å². The van der Waals surface area contributed by atoms with E-state index in [1.807, 2.05) is 6.92 Å². The van der Waals surface area contributed by atoms with Crippen molar-refractivity contribution in [2.45, 2.75) is 33.6 Å². The molecule has 12 heavy (non-hydrogen) atoms. The van der Waals surface area contributed by atoms with E-state index in [0.29, 0.717) is 0 Å². The van der Waals surface area contributed by atoms with Crippen LogP contribution in [0.15, 0.2) is 23.3 Å². The molecule has 0 aromatic carbocycles. The summed E-state index contributed by atoms with van der Waals surface area (Å²) in [7, 11) is 0. The number of amides is 1. The number of rotatable bonds is 4. The fourth-order valence-electron chi connectivity index (χ4n) is 0.904. The molecule has 0 aliphatic carbocycles. The summed E-state index contributed by atoms with van der Waals surface area (Å²) >= 11 is 0. The van der Waals surface area contributed by atoms with Gasteiger partial charge < -0.3 is 5.73 Å². The highest BCUT2D eigenvalue weighted by Gasteiger charge is 1.91. The van der Waals surface area contributed by atoms with Gasteiger partial charge in [0.25, 0.3) is 0 Å². The van der Waals surface area contributed by atoms with E-state index in [0.717, 1.165) is 18.4 Å². The molecule has 0 aliphatic rings. The van der Waals surface area contributed by atoms with Crippen molar-refractivity contribution < 1.29 is 4.79 Å². The zero-order valence-electron chi connectivity index (χ0n) is 8.05. The highest BCUT2D eigenvalue weighted by atomic mass is 16.1. The smallest absolute Gasteiger partial charge is 0.241 e. The first kappa shape index (κ1) is 11.0. The van der Waals surface area contributed by atoms with Crippen LogP contribution >= 0.6 is 0 Å². The Kier molecular flexibility index (Phi) is 5.09. The highest BCUT2D eigenvalue weighted by molar-refractivity contribution is 5.86. The second kappa shape index (κ2) is 5.58. The van der Waals surface area contributed by atoms with Gasteiger partial charge in [-0.25, -0.2) is 0 Å². The first-order valence-electron chi connectivity index (χ1n) is 4.12. The molecule has 0 fully saturated rings. The Morgan fingerprint density at radius 3 is 2.33 bits per heavy atom. The molecule has 0 aliphatic heterocycles. The Morgan fingerprint density at radius 2 is 1.92 bits per heavy atom. The van der Waals surface area contributed by atoms with Crippen molar-refractivity contribution in [2.75, 3.05) is 0 Å². The molecule has 0 heterocycles. The minimum Gasteiger partial charge on any atom is -0.366 e. The van der Waals surface area contributed by atoms with Gasteiger partial charge in [0.05, 0.1) is 0 Å². The van der Waals surface area contributed by atoms with Crippen LogP contribution in [0.1, 0.15) is 33.6 Å². The molecule has 0 rings (SSSR count). The SMILES string of the molecule is CC(C)=CCCC(C)=CC(N)=O. The van der Waals surface area contributed by atoms with Gasteiger partial charge in [-0.15, -0.1) is 0 Å². The van der Waals surface area contributed by atoms with Crippen LogP contribution in [0, 0.1) is 0 Å². The Labute approximate surface area is 74.1 Å². The van der Waals surface area contributed by atoms with E-state index >= 15 is 0 Å². The quantitative estimate of drug-likeness (QED) is 0.506. The highest BCUT2D eigenvalue weighted by Crippen LogP contribution is 2.05. The Balaban J connectivity index is 3.79. The first-order valence-corrected chi connectivity index (χ1v) is 4.12. The topological polar surface area (TPSA) is 43.1 Å². The van der Waals surface area contributed by atoms with E-state index in [2.05, 4.69) is 19.9 Å². The van der Waals surface area contributed by atoms with Gasteiger partial charge in [0.2, 0.25) is 5.91 Å². The van der Waals surface area contributed by atoms with E-state index in [4.69, 9.17) is 5.73 Å². The van der Waals surface area contributed by atoms with Crippen molar-refractivity contribution >= 4 is 5.91 Å². The molecule has 0 unspecified atom stereocenters. The third kappa shape index (κ3) is 7.06. The van der Waals surface area contributed by atoms with Crippen LogP contribution in [0.25, 0.3) is 0 Å². The summed E-state index contributed by atoms with van der Waals surface area (Å²) in [4.78, 5) is 10.4. The predicted octanol–water partition coefficient (Wildman–Crippen LogP) is 2.16. The van der Waals surface area contributed by atoms with Crippen LogP contribution in [-0.4, -0.2) is 5.91 Å². The minimum absolute atomic E-state index is 0.357. The molecular formula is C10H17NO. The molecule has 0 spiro atoms. The first-order chi connectivity index (χ1) is 5.52. The predicted molar refractivity (Wildman–Crippen MR) is 51.6 cm³/mol. The number of hydrogen-bond acceptors (Lipinski definition) is 1. The van der Waals surface area contributed by atoms with E-state index in [1.54, 1.807) is 0 Å². The van der Waals surface area contributed by atoms with E-state index in [9.17, 15) is 4.79 Å². The van der Waals surface area contributed by atoms with E-state index in [-0.39, 0.29) is 5.91 Å². The summed E-state index contributed by atoms with van der Waals surface area (Å²) in [6, 6.07) is 0. The maximum Gasteiger partial charge on any atom is 0.241 e. The van der Waals surface area contributed by atoms with E-state index < -0.39 is 0 Å². The lowest BCUT2D eigenvalue weighted by Gasteiger charge is -1.96. The molecule has 0 bridgehead atoms. The number of allylic oxidation sites excluding steroid dienone is 3. The van der Waals surface area contributed by atoms with Crippen molar-refractivity contribution in [2.24, 2.45) is 5.73 Å². The van der Waals surface area contributed by atoms with Crippen LogP contribution in [0.2, 0.25) is 0 Å². The van der Waals surface area contributed by atoms with Gasteiger partial charge in [-0.1, -0.05) is 17.2 Å². The lowest BCUT2D eigenvalue weighted by molar-refractivity contribution is -0.113. The summed E-state index contributed by atoms with van der Waals surface area (Å²) in [6.45, 7) is 6.05. The summed E-state index contributed by atoms with van der Waals surface area (Å²) < 4.78 is 0. The molecule has 0 aromatic rings. The molecule has 68 valence electrons. The normalized spacial score (nSPS) is 11.1. The molecule has 0 saturated heterocycles.